The van der Waals surface area contributed by atoms with E-state index in [-0.39, 0.29) is 18.4 Å². The number of carbonyl (C=O) groups excluding carboxylic acids is 2. The van der Waals surface area contributed by atoms with Crippen LogP contribution in [0, 0.1) is 5.92 Å². The Labute approximate surface area is 182 Å². The number of rotatable bonds is 4. The maximum absolute atomic E-state index is 13.2. The van der Waals surface area contributed by atoms with Gasteiger partial charge in [0.1, 0.15) is 23.3 Å². The van der Waals surface area contributed by atoms with E-state index in [4.69, 9.17) is 21.1 Å². The van der Waals surface area contributed by atoms with Crippen LogP contribution in [-0.4, -0.2) is 58.4 Å². The Bertz CT molecular complexity index is 822. The summed E-state index contributed by atoms with van der Waals surface area (Å²) < 4.78 is 11.4. The summed E-state index contributed by atoms with van der Waals surface area (Å²) in [6, 6.07) is 6.44. The maximum Gasteiger partial charge on any atom is 0.408 e. The molecule has 30 heavy (non-hydrogen) atoms. The lowest BCUT2D eigenvalue weighted by atomic mass is 9.79. The number of likely N-dealkylation sites (tertiary alicyclic amines) is 1. The molecule has 7 nitrogen and oxygen atoms in total. The number of fused-ring (bicyclic) bond motifs is 1. The Morgan fingerprint density at radius 1 is 1.30 bits per heavy atom. The number of nitrogens with one attached hydrogen (secondary N) is 1. The normalized spacial score (nSPS) is 29.2. The van der Waals surface area contributed by atoms with Crippen molar-refractivity contribution in [3.05, 3.63) is 34.9 Å². The fraction of sp³-hybridized carbons (Fsp3) is 0.636. The molecule has 3 rings (SSSR count). The van der Waals surface area contributed by atoms with E-state index in [0.717, 1.165) is 5.56 Å². The van der Waals surface area contributed by atoms with Crippen molar-refractivity contribution in [2.75, 3.05) is 13.1 Å². The predicted octanol–water partition coefficient (Wildman–Crippen LogP) is 3.08. The Hall–Kier alpha value is -1.83. The van der Waals surface area contributed by atoms with Crippen molar-refractivity contribution >= 4 is 23.6 Å². The zero-order valence-electron chi connectivity index (χ0n) is 18.4. The van der Waals surface area contributed by atoms with Crippen molar-refractivity contribution in [2.24, 2.45) is 5.92 Å². The van der Waals surface area contributed by atoms with E-state index in [2.05, 4.69) is 5.32 Å². The van der Waals surface area contributed by atoms with Crippen LogP contribution in [0.15, 0.2) is 24.3 Å². The molecule has 2 aliphatic rings. The van der Waals surface area contributed by atoms with Gasteiger partial charge in [0, 0.05) is 5.02 Å². The molecule has 2 aliphatic heterocycles. The summed E-state index contributed by atoms with van der Waals surface area (Å²) in [5.41, 5.74) is -1.41. The van der Waals surface area contributed by atoms with E-state index in [9.17, 15) is 14.7 Å². The van der Waals surface area contributed by atoms with Gasteiger partial charge in [-0.1, -0.05) is 37.6 Å². The number of amides is 2. The highest BCUT2D eigenvalue weighted by atomic mass is 35.5. The van der Waals surface area contributed by atoms with Crippen molar-refractivity contribution in [3.63, 3.8) is 0 Å². The lowest BCUT2D eigenvalue weighted by Gasteiger charge is -2.38. The zero-order valence-corrected chi connectivity index (χ0v) is 19.1. The number of carbonyl (C=O) groups is 2. The molecule has 1 aromatic rings. The van der Waals surface area contributed by atoms with Crippen LogP contribution in [0.5, 0.6) is 0 Å². The van der Waals surface area contributed by atoms with E-state index < -0.39 is 35.0 Å². The summed E-state index contributed by atoms with van der Waals surface area (Å²) in [7, 11) is 0. The van der Waals surface area contributed by atoms with E-state index in [1.165, 1.54) is 0 Å². The van der Waals surface area contributed by atoms with Crippen molar-refractivity contribution in [1.29, 1.82) is 0 Å². The number of piperidine rings is 1. The molecule has 0 radical (unpaired) electrons. The number of halogens is 1. The van der Waals surface area contributed by atoms with Gasteiger partial charge < -0.3 is 24.8 Å². The van der Waals surface area contributed by atoms with Crippen molar-refractivity contribution in [2.45, 2.75) is 70.5 Å². The molecule has 2 heterocycles. The maximum atomic E-state index is 13.2. The summed E-state index contributed by atoms with van der Waals surface area (Å²) in [6.45, 7) is 11.3. The van der Waals surface area contributed by atoms with Gasteiger partial charge >= 0.3 is 6.09 Å². The predicted molar refractivity (Wildman–Crippen MR) is 113 cm³/mol. The van der Waals surface area contributed by atoms with Gasteiger partial charge in [-0.25, -0.2) is 4.79 Å². The van der Waals surface area contributed by atoms with Crippen LogP contribution in [0.3, 0.4) is 0 Å². The SMILES string of the molecule is CC(C)[C@@H](NC(=O)OC(C)(C)C)C(=O)N1C[C@H](O)[C@]2(c3ccc(Cl)cc3)OC2(C)C1. The second kappa shape index (κ2) is 7.70. The standard InChI is InChI=1S/C22H31ClN2O5/c1-13(2)17(24-19(28)29-20(3,4)5)18(27)25-11-16(26)22(21(6,12-25)30-22)14-7-9-15(23)10-8-14/h7-10,13,16-17,26H,11-12H2,1-6H3,(H,24,28)/t16-,17+,21?,22-/m0/s1. The molecule has 0 aliphatic carbocycles. The largest absolute Gasteiger partial charge is 0.444 e. The molecule has 2 N–H and O–H groups in total. The first kappa shape index (κ1) is 22.8. The van der Waals surface area contributed by atoms with Gasteiger partial charge in [-0.15, -0.1) is 0 Å². The lowest BCUT2D eigenvalue weighted by Crippen LogP contribution is -2.60. The molecule has 2 amide bonds. The van der Waals surface area contributed by atoms with Gasteiger partial charge in [0.05, 0.1) is 13.1 Å². The summed E-state index contributed by atoms with van der Waals surface area (Å²) in [5.74, 6) is -0.422. The number of aliphatic hydroxyl groups excluding tert-OH is 1. The molecule has 2 saturated heterocycles. The van der Waals surface area contributed by atoms with Gasteiger partial charge in [-0.05, 0) is 51.3 Å². The summed E-state index contributed by atoms with van der Waals surface area (Å²) in [4.78, 5) is 27.0. The highest BCUT2D eigenvalue weighted by Crippen LogP contribution is 2.60. The molecule has 0 aromatic heterocycles. The van der Waals surface area contributed by atoms with E-state index in [1.54, 1.807) is 37.8 Å². The van der Waals surface area contributed by atoms with E-state index in [0.29, 0.717) is 11.6 Å². The molecule has 1 aromatic carbocycles. The number of hydrogen-bond donors (Lipinski definition) is 2. The van der Waals surface area contributed by atoms with Crippen molar-refractivity contribution in [1.82, 2.24) is 10.2 Å². The number of aliphatic hydroxyl groups is 1. The van der Waals surface area contributed by atoms with Crippen LogP contribution in [-0.2, 0) is 19.9 Å². The number of alkyl carbamates (subject to hydrolysis) is 1. The number of benzene rings is 1. The van der Waals surface area contributed by atoms with Gasteiger partial charge in [-0.3, -0.25) is 4.79 Å². The Morgan fingerprint density at radius 3 is 2.40 bits per heavy atom. The average Bonchev–Trinajstić information content (AvgIpc) is 3.25. The highest BCUT2D eigenvalue weighted by Gasteiger charge is 2.74. The average molecular weight is 439 g/mol. The van der Waals surface area contributed by atoms with E-state index >= 15 is 0 Å². The van der Waals surface area contributed by atoms with Crippen LogP contribution in [0.2, 0.25) is 5.02 Å². The topological polar surface area (TPSA) is 91.4 Å². The molecule has 0 bridgehead atoms. The van der Waals surface area contributed by atoms with Gasteiger partial charge in [0.25, 0.3) is 0 Å². The quantitative estimate of drug-likeness (QED) is 0.705. The zero-order chi connectivity index (χ0) is 22.5. The number of hydrogen-bond acceptors (Lipinski definition) is 5. The molecule has 0 spiro atoms. The number of ether oxygens (including phenoxy) is 2. The summed E-state index contributed by atoms with van der Waals surface area (Å²) in [6.07, 6.45) is -1.55. The first-order valence-electron chi connectivity index (χ1n) is 10.2. The van der Waals surface area contributed by atoms with Gasteiger partial charge in [-0.2, -0.15) is 0 Å². The fourth-order valence-electron chi connectivity index (χ4n) is 4.23. The molecule has 8 heteroatoms. The Balaban J connectivity index is 1.75. The monoisotopic (exact) mass is 438 g/mol. The molecular weight excluding hydrogens is 408 g/mol. The Kier molecular flexibility index (Phi) is 5.86. The number of nitrogens with zero attached hydrogens (tertiary/aromatic N) is 1. The fourth-order valence-corrected chi connectivity index (χ4v) is 4.36. The van der Waals surface area contributed by atoms with Crippen LogP contribution >= 0.6 is 11.6 Å². The summed E-state index contributed by atoms with van der Waals surface area (Å²) >= 11 is 5.99. The van der Waals surface area contributed by atoms with Crippen molar-refractivity contribution < 1.29 is 24.2 Å². The third-order valence-electron chi connectivity index (χ3n) is 5.68. The second-order valence-electron chi connectivity index (χ2n) is 9.68. The minimum absolute atomic E-state index is 0.107. The number of epoxide rings is 1. The van der Waals surface area contributed by atoms with Gasteiger partial charge in [0.2, 0.25) is 5.91 Å². The first-order chi connectivity index (χ1) is 13.8. The first-order valence-corrected chi connectivity index (χ1v) is 10.6. The Morgan fingerprint density at radius 2 is 1.90 bits per heavy atom. The molecule has 4 atom stereocenters. The molecule has 166 valence electrons. The van der Waals surface area contributed by atoms with Gasteiger partial charge in [0.15, 0.2) is 5.60 Å². The molecule has 0 saturated carbocycles. The van der Waals surface area contributed by atoms with Crippen LogP contribution in [0.4, 0.5) is 4.79 Å². The third kappa shape index (κ3) is 4.15. The third-order valence-corrected chi connectivity index (χ3v) is 5.93. The lowest BCUT2D eigenvalue weighted by molar-refractivity contribution is -0.138. The minimum Gasteiger partial charge on any atom is -0.444 e. The van der Waals surface area contributed by atoms with Crippen LogP contribution < -0.4 is 5.32 Å². The number of β-amino-alcohol motifs (C(OH)–C–C–N with tert-alkyl or cyclic N) is 1. The molecule has 1 unspecified atom stereocenters. The van der Waals surface area contributed by atoms with E-state index in [1.807, 2.05) is 32.9 Å². The molecular formula is C22H31ClN2O5. The molecule has 2 fully saturated rings. The minimum atomic E-state index is -0.907. The second-order valence-corrected chi connectivity index (χ2v) is 10.1. The summed E-state index contributed by atoms with van der Waals surface area (Å²) in [5, 5.41) is 14.3. The highest BCUT2D eigenvalue weighted by molar-refractivity contribution is 6.30. The smallest absolute Gasteiger partial charge is 0.408 e. The van der Waals surface area contributed by atoms with Crippen molar-refractivity contribution in [3.8, 4) is 0 Å². The van der Waals surface area contributed by atoms with Crippen LogP contribution in [0.25, 0.3) is 0 Å². The van der Waals surface area contributed by atoms with Crippen LogP contribution in [0.1, 0.15) is 47.1 Å².